The Labute approximate surface area is 302 Å². The van der Waals surface area contributed by atoms with Crippen molar-refractivity contribution in [3.05, 3.63) is 102 Å². The van der Waals surface area contributed by atoms with Gasteiger partial charge in [0.05, 0.1) is 12.4 Å². The van der Waals surface area contributed by atoms with Crippen LogP contribution < -0.4 is 19.5 Å². The first-order chi connectivity index (χ1) is 25.9. The van der Waals surface area contributed by atoms with Gasteiger partial charge in [-0.05, 0) is 59.9 Å². The lowest BCUT2D eigenvalue weighted by atomic mass is 9.92. The highest BCUT2D eigenvalue weighted by molar-refractivity contribution is 6.08. The van der Waals surface area contributed by atoms with Gasteiger partial charge < -0.3 is 24.1 Å². The van der Waals surface area contributed by atoms with Gasteiger partial charge in [-0.25, -0.2) is 15.0 Å². The molecule has 262 valence electrons. The third kappa shape index (κ3) is 6.46. The number of pyridine rings is 2. The van der Waals surface area contributed by atoms with Gasteiger partial charge in [0.1, 0.15) is 36.3 Å². The van der Waals surface area contributed by atoms with Gasteiger partial charge in [0, 0.05) is 83.4 Å². The van der Waals surface area contributed by atoms with Gasteiger partial charge in [-0.1, -0.05) is 18.1 Å². The molecule has 13 heteroatoms. The molecule has 2 N–H and O–H groups in total. The van der Waals surface area contributed by atoms with E-state index in [1.54, 1.807) is 36.8 Å². The van der Waals surface area contributed by atoms with Gasteiger partial charge in [0.15, 0.2) is 0 Å². The lowest BCUT2D eigenvalue weighted by Crippen LogP contribution is -2.52. The molecule has 1 saturated heterocycles. The van der Waals surface area contributed by atoms with Gasteiger partial charge in [0.25, 0.3) is 5.91 Å². The molecule has 3 aliphatic rings. The minimum Gasteiger partial charge on any atom is -0.481 e. The molecule has 6 heterocycles. The van der Waals surface area contributed by atoms with Crippen LogP contribution in [-0.4, -0.2) is 72.4 Å². The van der Waals surface area contributed by atoms with Crippen molar-refractivity contribution in [2.24, 2.45) is 0 Å². The first-order valence-corrected chi connectivity index (χ1v) is 17.3. The number of amides is 3. The van der Waals surface area contributed by atoms with E-state index in [-0.39, 0.29) is 43.6 Å². The molecule has 13 nitrogen and oxygen atoms in total. The van der Waals surface area contributed by atoms with Crippen LogP contribution in [0.25, 0.3) is 32.9 Å². The van der Waals surface area contributed by atoms with E-state index < -0.39 is 11.9 Å². The number of benzene rings is 2. The average molecular weight is 706 g/mol. The Balaban J connectivity index is 0.724. The van der Waals surface area contributed by atoms with Crippen molar-refractivity contribution in [2.75, 3.05) is 6.61 Å². The second-order valence-electron chi connectivity index (χ2n) is 13.2. The maximum atomic E-state index is 12.9. The lowest BCUT2D eigenvalue weighted by molar-refractivity contribution is -0.136. The summed E-state index contributed by atoms with van der Waals surface area (Å²) in [5.74, 6) is 6.42. The van der Waals surface area contributed by atoms with Gasteiger partial charge in [-0.15, -0.1) is 0 Å². The van der Waals surface area contributed by atoms with Crippen LogP contribution in [0.4, 0.5) is 0 Å². The summed E-state index contributed by atoms with van der Waals surface area (Å²) in [5.41, 5.74) is 5.95. The minimum atomic E-state index is -0.661. The van der Waals surface area contributed by atoms with Crippen molar-refractivity contribution in [3.8, 4) is 40.5 Å². The number of ether oxygens (including phenoxy) is 3. The summed E-state index contributed by atoms with van der Waals surface area (Å²) < 4.78 is 17.8. The Morgan fingerprint density at radius 3 is 2.47 bits per heavy atom. The summed E-state index contributed by atoms with van der Waals surface area (Å²) in [6.45, 7) is 0.376. The van der Waals surface area contributed by atoms with E-state index in [2.05, 4.69) is 60.3 Å². The number of aromatic nitrogens is 5. The fraction of sp³-hybridized carbons (Fsp3) is 0.225. The molecule has 53 heavy (non-hydrogen) atoms. The quantitative estimate of drug-likeness (QED) is 0.167. The van der Waals surface area contributed by atoms with Crippen molar-refractivity contribution in [1.82, 2.24) is 35.1 Å². The van der Waals surface area contributed by atoms with Crippen molar-refractivity contribution in [1.29, 1.82) is 0 Å². The van der Waals surface area contributed by atoms with Crippen LogP contribution in [0.15, 0.2) is 85.6 Å². The van der Waals surface area contributed by atoms with Gasteiger partial charge in [-0.2, -0.15) is 0 Å². The number of rotatable bonds is 8. The topological polar surface area (TPSA) is 162 Å². The summed E-state index contributed by atoms with van der Waals surface area (Å²) in [6.07, 6.45) is 10.5. The Bertz CT molecular complexity index is 2460. The van der Waals surface area contributed by atoms with Crippen molar-refractivity contribution < 1.29 is 28.6 Å². The monoisotopic (exact) mass is 705 g/mol. The number of aromatic amines is 1. The van der Waals surface area contributed by atoms with E-state index in [0.29, 0.717) is 48.0 Å². The number of fused-ring (bicyclic) bond motifs is 4. The van der Waals surface area contributed by atoms with Gasteiger partial charge in [0.2, 0.25) is 23.6 Å². The van der Waals surface area contributed by atoms with Crippen LogP contribution >= 0.6 is 0 Å². The highest BCUT2D eigenvalue weighted by Gasteiger charge is 2.39. The average Bonchev–Trinajstić information content (AvgIpc) is 3.69. The van der Waals surface area contributed by atoms with Crippen LogP contribution in [-0.2, 0) is 16.1 Å². The third-order valence-corrected chi connectivity index (χ3v) is 9.75. The first kappa shape index (κ1) is 32.1. The van der Waals surface area contributed by atoms with E-state index in [0.717, 1.165) is 38.5 Å². The number of imide groups is 1. The number of nitrogens with one attached hydrogen (secondary N) is 2. The maximum absolute atomic E-state index is 12.9. The van der Waals surface area contributed by atoms with E-state index in [1.807, 2.05) is 30.6 Å². The summed E-state index contributed by atoms with van der Waals surface area (Å²) >= 11 is 0. The second-order valence-corrected chi connectivity index (χ2v) is 13.2. The zero-order valence-corrected chi connectivity index (χ0v) is 28.2. The molecular weight excluding hydrogens is 674 g/mol. The standard InChI is InChI=1S/C40H31N7O6/c48-36-9-8-35(39(49)46-36)47-22-25-14-27(5-7-30(25)40(47)50)51-13-1-2-26-19-44-38(21-42-26)53-29-16-28(17-29)52-37-10-4-24(18-43-37)23-3-6-31-32-20-41-12-11-33(32)45-34(31)15-23/h3-7,10-12,14-15,18-21,28-29,35,45H,8-9,13,16-17,22H2,(H,46,48,49)/t28-,29-,35?. The first-order valence-electron chi connectivity index (χ1n) is 17.3. The normalized spacial score (nSPS) is 19.3. The number of H-pyrrole nitrogens is 1. The Morgan fingerprint density at radius 1 is 0.811 bits per heavy atom. The number of carbonyl (C=O) groups excluding carboxylic acids is 3. The largest absolute Gasteiger partial charge is 0.481 e. The molecule has 9 rings (SSSR count). The van der Waals surface area contributed by atoms with E-state index >= 15 is 0 Å². The summed E-state index contributed by atoms with van der Waals surface area (Å²) in [6, 6.07) is 16.7. The second kappa shape index (κ2) is 13.4. The number of hydrogen-bond acceptors (Lipinski definition) is 10. The highest BCUT2D eigenvalue weighted by atomic mass is 16.5. The number of nitrogens with zero attached hydrogens (tertiary/aromatic N) is 5. The predicted octanol–water partition coefficient (Wildman–Crippen LogP) is 4.75. The fourth-order valence-corrected chi connectivity index (χ4v) is 6.93. The molecule has 6 aromatic rings. The van der Waals surface area contributed by atoms with Gasteiger partial charge in [-0.3, -0.25) is 24.7 Å². The molecule has 0 spiro atoms. The Morgan fingerprint density at radius 2 is 1.66 bits per heavy atom. The molecule has 2 aromatic carbocycles. The van der Waals surface area contributed by atoms with Crippen LogP contribution in [0.5, 0.6) is 17.5 Å². The molecule has 0 radical (unpaired) electrons. The zero-order chi connectivity index (χ0) is 35.9. The molecule has 1 unspecified atom stereocenters. The Hall–Kier alpha value is -6.81. The number of carbonyl (C=O) groups is 3. The Kier molecular flexibility index (Phi) is 8.11. The molecule has 2 aliphatic heterocycles. The molecule has 4 aromatic heterocycles. The van der Waals surface area contributed by atoms with Crippen molar-refractivity contribution in [2.45, 2.75) is 50.5 Å². The van der Waals surface area contributed by atoms with Crippen molar-refractivity contribution >= 4 is 39.5 Å². The highest BCUT2D eigenvalue weighted by Crippen LogP contribution is 2.32. The van der Waals surface area contributed by atoms with E-state index in [9.17, 15) is 14.4 Å². The van der Waals surface area contributed by atoms with Crippen molar-refractivity contribution in [3.63, 3.8) is 0 Å². The molecule has 1 atom stereocenters. The van der Waals surface area contributed by atoms with E-state index in [1.165, 1.54) is 4.90 Å². The SMILES string of the molecule is O=C1CCC(N2Cc3cc(OCC#Cc4cnc(O[C@H]5C[C@H](Oc6ccc(-c7ccc8c(c7)[nH]c7ccncc78)cn6)C5)cn4)ccc3C2=O)C(=O)N1. The fourth-order valence-electron chi connectivity index (χ4n) is 6.93. The minimum absolute atomic E-state index is 0.00296. The summed E-state index contributed by atoms with van der Waals surface area (Å²) in [5, 5.41) is 4.56. The molecule has 3 amide bonds. The molecule has 1 aliphatic carbocycles. The third-order valence-electron chi connectivity index (χ3n) is 9.75. The van der Waals surface area contributed by atoms with Crippen LogP contribution in [0.3, 0.4) is 0 Å². The van der Waals surface area contributed by atoms with Crippen LogP contribution in [0.1, 0.15) is 47.3 Å². The molecule has 1 saturated carbocycles. The lowest BCUT2D eigenvalue weighted by Gasteiger charge is -2.34. The molecular formula is C40H31N7O6. The van der Waals surface area contributed by atoms with Gasteiger partial charge >= 0.3 is 0 Å². The summed E-state index contributed by atoms with van der Waals surface area (Å²) in [7, 11) is 0. The predicted molar refractivity (Wildman–Crippen MR) is 192 cm³/mol. The number of hydrogen-bond donors (Lipinski definition) is 2. The van der Waals surface area contributed by atoms with Crippen LogP contribution in [0.2, 0.25) is 0 Å². The zero-order valence-electron chi connectivity index (χ0n) is 28.2. The van der Waals surface area contributed by atoms with Crippen LogP contribution in [0, 0.1) is 11.8 Å². The summed E-state index contributed by atoms with van der Waals surface area (Å²) in [4.78, 5) is 59.1. The molecule has 0 bridgehead atoms. The smallest absolute Gasteiger partial charge is 0.255 e. The van der Waals surface area contributed by atoms with E-state index in [4.69, 9.17) is 14.2 Å². The molecule has 2 fully saturated rings. The number of piperidine rings is 1. The maximum Gasteiger partial charge on any atom is 0.255 e.